The quantitative estimate of drug-likeness (QED) is 0.640. The summed E-state index contributed by atoms with van der Waals surface area (Å²) < 4.78 is 0. The van der Waals surface area contributed by atoms with Crippen molar-refractivity contribution in [2.45, 2.75) is 26.2 Å². The fourth-order valence-electron chi connectivity index (χ4n) is 2.64. The molecule has 0 spiro atoms. The number of rotatable bonds is 2. The van der Waals surface area contributed by atoms with E-state index in [9.17, 15) is 5.11 Å². The van der Waals surface area contributed by atoms with Crippen molar-refractivity contribution >= 4 is 0 Å². The molecule has 2 aliphatic rings. The lowest BCUT2D eigenvalue weighted by Gasteiger charge is -2.32. The Hall–Kier alpha value is -0.980. The van der Waals surface area contributed by atoms with Gasteiger partial charge in [0.05, 0.1) is 0 Å². The van der Waals surface area contributed by atoms with Crippen molar-refractivity contribution < 1.29 is 5.11 Å². The van der Waals surface area contributed by atoms with E-state index < -0.39 is 0 Å². The molecule has 0 aromatic rings. The van der Waals surface area contributed by atoms with Crippen molar-refractivity contribution in [3.63, 3.8) is 0 Å². The molecule has 0 aromatic heterocycles. The first-order chi connectivity index (χ1) is 6.11. The molecule has 1 N–H and O–H groups in total. The van der Waals surface area contributed by atoms with Gasteiger partial charge in [0.2, 0.25) is 0 Å². The van der Waals surface area contributed by atoms with Crippen molar-refractivity contribution in [1.29, 1.82) is 0 Å². The molecule has 0 saturated heterocycles. The topological polar surface area (TPSA) is 20.2 Å². The maximum absolute atomic E-state index is 9.44. The second kappa shape index (κ2) is 2.76. The number of allylic oxidation sites excluding steroid dienone is 3. The highest BCUT2D eigenvalue weighted by atomic mass is 16.3. The van der Waals surface area contributed by atoms with E-state index in [1.165, 1.54) is 18.4 Å². The van der Waals surface area contributed by atoms with Gasteiger partial charge in [-0.15, -0.1) is 0 Å². The van der Waals surface area contributed by atoms with Gasteiger partial charge in [-0.1, -0.05) is 18.7 Å². The summed E-state index contributed by atoms with van der Waals surface area (Å²) in [6.07, 6.45) is 3.59. The van der Waals surface area contributed by atoms with Gasteiger partial charge >= 0.3 is 0 Å². The molecule has 70 valence electrons. The molecule has 1 saturated carbocycles. The standard InChI is InChI=1S/C12H16O/c1-7(2)12-10-5-4-9(10)6-11(12)8(3)13/h9-10,13H,1,3-6H2,2H3. The zero-order valence-corrected chi connectivity index (χ0v) is 8.14. The van der Waals surface area contributed by atoms with Gasteiger partial charge in [0.25, 0.3) is 0 Å². The van der Waals surface area contributed by atoms with Crippen molar-refractivity contribution in [2.75, 3.05) is 0 Å². The smallest absolute Gasteiger partial charge is 0.111 e. The van der Waals surface area contributed by atoms with Crippen LogP contribution in [-0.2, 0) is 0 Å². The lowest BCUT2D eigenvalue weighted by Crippen LogP contribution is -2.22. The van der Waals surface area contributed by atoms with Gasteiger partial charge in [0.1, 0.15) is 5.76 Å². The molecule has 2 rings (SSSR count). The summed E-state index contributed by atoms with van der Waals surface area (Å²) in [5, 5.41) is 9.44. The van der Waals surface area contributed by atoms with E-state index in [1.54, 1.807) is 0 Å². The van der Waals surface area contributed by atoms with Crippen LogP contribution in [-0.4, -0.2) is 5.11 Å². The summed E-state index contributed by atoms with van der Waals surface area (Å²) in [6.45, 7) is 9.63. The average molecular weight is 176 g/mol. The van der Waals surface area contributed by atoms with Crippen LogP contribution in [0.1, 0.15) is 26.2 Å². The van der Waals surface area contributed by atoms with Gasteiger partial charge in [-0.05, 0) is 49.2 Å². The highest BCUT2D eigenvalue weighted by Gasteiger charge is 2.41. The van der Waals surface area contributed by atoms with Gasteiger partial charge < -0.3 is 5.11 Å². The summed E-state index contributed by atoms with van der Waals surface area (Å²) >= 11 is 0. The van der Waals surface area contributed by atoms with Crippen LogP contribution in [0.2, 0.25) is 0 Å². The normalized spacial score (nSPS) is 31.2. The molecule has 2 unspecified atom stereocenters. The molecular formula is C12H16O. The summed E-state index contributed by atoms with van der Waals surface area (Å²) in [7, 11) is 0. The maximum atomic E-state index is 9.44. The molecule has 0 heterocycles. The third kappa shape index (κ3) is 1.14. The predicted molar refractivity (Wildman–Crippen MR) is 54.4 cm³/mol. The van der Waals surface area contributed by atoms with Crippen LogP contribution in [0.25, 0.3) is 0 Å². The van der Waals surface area contributed by atoms with Crippen LogP contribution in [0.15, 0.2) is 35.6 Å². The lowest BCUT2D eigenvalue weighted by atomic mass is 9.72. The monoisotopic (exact) mass is 176 g/mol. The first-order valence-electron chi connectivity index (χ1n) is 4.88. The van der Waals surface area contributed by atoms with Crippen molar-refractivity contribution in [3.05, 3.63) is 35.6 Å². The first-order valence-corrected chi connectivity index (χ1v) is 4.88. The Balaban J connectivity index is 2.37. The second-order valence-corrected chi connectivity index (χ2v) is 4.27. The highest BCUT2D eigenvalue weighted by Crippen LogP contribution is 2.53. The third-order valence-corrected chi connectivity index (χ3v) is 3.39. The molecule has 1 nitrogen and oxygen atoms in total. The molecule has 1 fully saturated rings. The first kappa shape index (κ1) is 8.61. The summed E-state index contributed by atoms with van der Waals surface area (Å²) in [6, 6.07) is 0. The molecule has 2 atom stereocenters. The molecule has 0 amide bonds. The number of aliphatic hydroxyl groups is 1. The van der Waals surface area contributed by atoms with Crippen LogP contribution < -0.4 is 0 Å². The van der Waals surface area contributed by atoms with Gasteiger partial charge in [0, 0.05) is 0 Å². The highest BCUT2D eigenvalue weighted by molar-refractivity contribution is 5.46. The van der Waals surface area contributed by atoms with E-state index in [0.717, 1.165) is 23.5 Å². The Morgan fingerprint density at radius 1 is 1.38 bits per heavy atom. The van der Waals surface area contributed by atoms with Gasteiger partial charge in [-0.25, -0.2) is 0 Å². The Morgan fingerprint density at radius 3 is 2.46 bits per heavy atom. The molecule has 0 bridgehead atoms. The minimum atomic E-state index is 0.257. The molecule has 13 heavy (non-hydrogen) atoms. The number of hydrogen-bond acceptors (Lipinski definition) is 1. The van der Waals surface area contributed by atoms with E-state index in [0.29, 0.717) is 5.92 Å². The number of fused-ring (bicyclic) bond motifs is 1. The summed E-state index contributed by atoms with van der Waals surface area (Å²) in [5.74, 6) is 1.70. The number of hydrogen-bond donors (Lipinski definition) is 1. The summed E-state index contributed by atoms with van der Waals surface area (Å²) in [5.41, 5.74) is 3.47. The predicted octanol–water partition coefficient (Wildman–Crippen LogP) is 3.36. The molecule has 0 aliphatic heterocycles. The van der Waals surface area contributed by atoms with E-state index in [1.807, 2.05) is 6.92 Å². The van der Waals surface area contributed by atoms with E-state index in [2.05, 4.69) is 13.2 Å². The van der Waals surface area contributed by atoms with E-state index in [4.69, 9.17) is 0 Å². The van der Waals surface area contributed by atoms with Crippen LogP contribution in [0.5, 0.6) is 0 Å². The molecular weight excluding hydrogens is 160 g/mol. The van der Waals surface area contributed by atoms with Crippen molar-refractivity contribution in [3.8, 4) is 0 Å². The van der Waals surface area contributed by atoms with Crippen LogP contribution in [0, 0.1) is 11.8 Å². The van der Waals surface area contributed by atoms with Gasteiger partial charge in [0.15, 0.2) is 0 Å². The Morgan fingerprint density at radius 2 is 2.08 bits per heavy atom. The average Bonchev–Trinajstić information content (AvgIpc) is 2.23. The van der Waals surface area contributed by atoms with E-state index in [-0.39, 0.29) is 5.76 Å². The van der Waals surface area contributed by atoms with Crippen LogP contribution in [0.4, 0.5) is 0 Å². The molecule has 0 aromatic carbocycles. The second-order valence-electron chi connectivity index (χ2n) is 4.27. The maximum Gasteiger partial charge on any atom is 0.111 e. The Kier molecular flexibility index (Phi) is 1.83. The zero-order valence-electron chi connectivity index (χ0n) is 8.14. The van der Waals surface area contributed by atoms with Gasteiger partial charge in [-0.3, -0.25) is 0 Å². The third-order valence-electron chi connectivity index (χ3n) is 3.39. The molecule has 2 aliphatic carbocycles. The SMILES string of the molecule is C=C(C)C1=C(C(=C)O)CC2CCC12. The van der Waals surface area contributed by atoms with Crippen molar-refractivity contribution in [1.82, 2.24) is 0 Å². The Bertz CT molecular complexity index is 309. The fourth-order valence-corrected chi connectivity index (χ4v) is 2.64. The molecule has 1 heteroatoms. The zero-order chi connectivity index (χ0) is 9.59. The van der Waals surface area contributed by atoms with Crippen LogP contribution in [0.3, 0.4) is 0 Å². The van der Waals surface area contributed by atoms with E-state index >= 15 is 0 Å². The minimum Gasteiger partial charge on any atom is -0.508 e. The van der Waals surface area contributed by atoms with Crippen LogP contribution >= 0.6 is 0 Å². The van der Waals surface area contributed by atoms with Crippen molar-refractivity contribution in [2.24, 2.45) is 11.8 Å². The largest absolute Gasteiger partial charge is 0.508 e. The summed E-state index contributed by atoms with van der Waals surface area (Å²) in [4.78, 5) is 0. The molecule has 0 radical (unpaired) electrons. The van der Waals surface area contributed by atoms with Gasteiger partial charge in [-0.2, -0.15) is 0 Å². The minimum absolute atomic E-state index is 0.257. The Labute approximate surface area is 79.5 Å². The number of aliphatic hydroxyl groups excluding tert-OH is 1. The fraction of sp³-hybridized carbons (Fsp3) is 0.500. The lowest BCUT2D eigenvalue weighted by molar-refractivity contribution is 0.238.